The highest BCUT2D eigenvalue weighted by atomic mass is 16.5. The van der Waals surface area contributed by atoms with E-state index in [9.17, 15) is 0 Å². The van der Waals surface area contributed by atoms with E-state index in [2.05, 4.69) is 18.7 Å². The fourth-order valence-electron chi connectivity index (χ4n) is 3.60. The van der Waals surface area contributed by atoms with Gasteiger partial charge in [-0.3, -0.25) is 4.90 Å². The lowest BCUT2D eigenvalue weighted by Crippen LogP contribution is -2.60. The Morgan fingerprint density at radius 1 is 1.06 bits per heavy atom. The van der Waals surface area contributed by atoms with Crippen LogP contribution in [0.5, 0.6) is 0 Å². The van der Waals surface area contributed by atoms with Crippen molar-refractivity contribution >= 4 is 0 Å². The second-order valence-corrected chi connectivity index (χ2v) is 6.00. The highest BCUT2D eigenvalue weighted by Crippen LogP contribution is 2.33. The van der Waals surface area contributed by atoms with Gasteiger partial charge in [0.25, 0.3) is 0 Å². The molecule has 0 spiro atoms. The first-order valence-corrected chi connectivity index (χ1v) is 7.27. The summed E-state index contributed by atoms with van der Waals surface area (Å²) in [6.45, 7) is 7.29. The molecule has 1 aliphatic carbocycles. The van der Waals surface area contributed by atoms with Crippen molar-refractivity contribution in [1.82, 2.24) is 4.90 Å². The zero-order valence-electron chi connectivity index (χ0n) is 11.5. The molecule has 0 aromatic carbocycles. The minimum absolute atomic E-state index is 0.267. The minimum atomic E-state index is 0.267. The molecule has 1 heterocycles. The van der Waals surface area contributed by atoms with Crippen LogP contribution >= 0.6 is 0 Å². The molecular weight excluding hydrogens is 212 g/mol. The van der Waals surface area contributed by atoms with Gasteiger partial charge in [0.05, 0.1) is 12.2 Å². The van der Waals surface area contributed by atoms with E-state index in [4.69, 9.17) is 10.5 Å². The van der Waals surface area contributed by atoms with Gasteiger partial charge in [-0.15, -0.1) is 0 Å². The van der Waals surface area contributed by atoms with Crippen molar-refractivity contribution < 1.29 is 4.74 Å². The van der Waals surface area contributed by atoms with Gasteiger partial charge in [-0.05, 0) is 26.7 Å². The fourth-order valence-corrected chi connectivity index (χ4v) is 3.60. The zero-order valence-corrected chi connectivity index (χ0v) is 11.5. The molecule has 2 atom stereocenters. The predicted molar refractivity (Wildman–Crippen MR) is 71.1 cm³/mol. The van der Waals surface area contributed by atoms with E-state index >= 15 is 0 Å². The lowest BCUT2D eigenvalue weighted by atomic mass is 9.87. The molecule has 0 radical (unpaired) electrons. The summed E-state index contributed by atoms with van der Waals surface area (Å²) in [7, 11) is 0. The normalized spacial score (nSPS) is 35.5. The van der Waals surface area contributed by atoms with Crippen molar-refractivity contribution in [3.63, 3.8) is 0 Å². The third kappa shape index (κ3) is 3.01. The van der Waals surface area contributed by atoms with Crippen LogP contribution in [-0.4, -0.2) is 42.3 Å². The van der Waals surface area contributed by atoms with Crippen LogP contribution < -0.4 is 5.73 Å². The number of morpholine rings is 1. The Morgan fingerprint density at radius 2 is 1.59 bits per heavy atom. The molecule has 0 bridgehead atoms. The van der Waals surface area contributed by atoms with Gasteiger partial charge in [-0.25, -0.2) is 0 Å². The lowest BCUT2D eigenvalue weighted by molar-refractivity contribution is -0.104. The maximum absolute atomic E-state index is 6.15. The molecule has 0 aromatic heterocycles. The second kappa shape index (κ2) is 5.68. The van der Waals surface area contributed by atoms with Crippen molar-refractivity contribution in [3.8, 4) is 0 Å². The average Bonchev–Trinajstić information content (AvgIpc) is 2.53. The Balaban J connectivity index is 2.09. The van der Waals surface area contributed by atoms with E-state index in [1.165, 1.54) is 38.5 Å². The van der Waals surface area contributed by atoms with Gasteiger partial charge < -0.3 is 10.5 Å². The number of nitrogens with zero attached hydrogens (tertiary/aromatic N) is 1. The van der Waals surface area contributed by atoms with Gasteiger partial charge in [0, 0.05) is 25.2 Å². The first-order valence-electron chi connectivity index (χ1n) is 7.27. The van der Waals surface area contributed by atoms with Crippen LogP contribution in [0.2, 0.25) is 0 Å². The first kappa shape index (κ1) is 13.3. The third-order valence-corrected chi connectivity index (χ3v) is 4.50. The smallest absolute Gasteiger partial charge is 0.0678 e. The zero-order chi connectivity index (χ0) is 12.3. The van der Waals surface area contributed by atoms with E-state index in [1.807, 2.05) is 0 Å². The minimum Gasteiger partial charge on any atom is -0.373 e. The van der Waals surface area contributed by atoms with Gasteiger partial charge in [0.15, 0.2) is 0 Å². The summed E-state index contributed by atoms with van der Waals surface area (Å²) < 4.78 is 5.85. The molecule has 2 fully saturated rings. The van der Waals surface area contributed by atoms with Crippen molar-refractivity contribution in [2.24, 2.45) is 5.73 Å². The summed E-state index contributed by atoms with van der Waals surface area (Å²) in [5.74, 6) is 0. The van der Waals surface area contributed by atoms with Crippen molar-refractivity contribution in [3.05, 3.63) is 0 Å². The molecule has 2 aliphatic rings. The van der Waals surface area contributed by atoms with Gasteiger partial charge in [0.1, 0.15) is 0 Å². The van der Waals surface area contributed by atoms with Crippen molar-refractivity contribution in [1.29, 1.82) is 0 Å². The van der Waals surface area contributed by atoms with Crippen molar-refractivity contribution in [2.75, 3.05) is 19.6 Å². The highest BCUT2D eigenvalue weighted by molar-refractivity contribution is 4.95. The molecule has 2 N–H and O–H groups in total. The van der Waals surface area contributed by atoms with Crippen LogP contribution in [-0.2, 0) is 4.74 Å². The summed E-state index contributed by atoms with van der Waals surface area (Å²) in [4.78, 5) is 2.64. The topological polar surface area (TPSA) is 38.5 Å². The Labute approximate surface area is 106 Å². The number of hydrogen-bond acceptors (Lipinski definition) is 3. The molecule has 17 heavy (non-hydrogen) atoms. The molecule has 1 saturated heterocycles. The van der Waals surface area contributed by atoms with Crippen LogP contribution in [0.25, 0.3) is 0 Å². The monoisotopic (exact) mass is 240 g/mol. The predicted octanol–water partition coefficient (Wildman–Crippen LogP) is 2.15. The maximum Gasteiger partial charge on any atom is 0.0678 e. The molecule has 100 valence electrons. The number of rotatable bonds is 2. The molecule has 2 unspecified atom stereocenters. The Morgan fingerprint density at radius 3 is 2.06 bits per heavy atom. The van der Waals surface area contributed by atoms with Crippen LogP contribution in [0.4, 0.5) is 0 Å². The van der Waals surface area contributed by atoms with Crippen LogP contribution in [0.15, 0.2) is 0 Å². The van der Waals surface area contributed by atoms with E-state index in [0.717, 1.165) is 19.6 Å². The molecule has 0 aromatic rings. The molecule has 1 saturated carbocycles. The molecule has 1 aliphatic heterocycles. The standard InChI is InChI=1S/C14H28N2O/c1-12-9-16(10-13(2)17-12)14(11-15)7-5-3-4-6-8-14/h12-13H,3-11,15H2,1-2H3. The fraction of sp³-hybridized carbons (Fsp3) is 1.00. The van der Waals surface area contributed by atoms with Gasteiger partial charge >= 0.3 is 0 Å². The van der Waals surface area contributed by atoms with Gasteiger partial charge in [-0.2, -0.15) is 0 Å². The first-order chi connectivity index (χ1) is 8.16. The molecule has 3 nitrogen and oxygen atoms in total. The number of nitrogens with two attached hydrogens (primary N) is 1. The molecule has 3 heteroatoms. The highest BCUT2D eigenvalue weighted by Gasteiger charge is 2.39. The van der Waals surface area contributed by atoms with Gasteiger partial charge in [0.2, 0.25) is 0 Å². The van der Waals surface area contributed by atoms with E-state index in [1.54, 1.807) is 0 Å². The largest absolute Gasteiger partial charge is 0.373 e. The van der Waals surface area contributed by atoms with Crippen LogP contribution in [0.3, 0.4) is 0 Å². The average molecular weight is 240 g/mol. The Hall–Kier alpha value is -0.120. The number of ether oxygens (including phenoxy) is 1. The van der Waals surface area contributed by atoms with Crippen LogP contribution in [0, 0.1) is 0 Å². The number of hydrogen-bond donors (Lipinski definition) is 1. The summed E-state index contributed by atoms with van der Waals surface area (Å²) in [6.07, 6.45) is 8.73. The van der Waals surface area contributed by atoms with Gasteiger partial charge in [-0.1, -0.05) is 25.7 Å². The SMILES string of the molecule is CC1CN(C2(CN)CCCCCC2)CC(C)O1. The van der Waals surface area contributed by atoms with E-state index in [0.29, 0.717) is 12.2 Å². The van der Waals surface area contributed by atoms with Crippen LogP contribution in [0.1, 0.15) is 52.4 Å². The second-order valence-electron chi connectivity index (χ2n) is 6.00. The summed E-state index contributed by atoms with van der Waals surface area (Å²) in [5, 5.41) is 0. The summed E-state index contributed by atoms with van der Waals surface area (Å²) in [6, 6.07) is 0. The summed E-state index contributed by atoms with van der Waals surface area (Å²) in [5.41, 5.74) is 6.41. The Bertz CT molecular complexity index is 226. The third-order valence-electron chi connectivity index (χ3n) is 4.50. The summed E-state index contributed by atoms with van der Waals surface area (Å²) >= 11 is 0. The lowest BCUT2D eigenvalue weighted by Gasteiger charge is -2.48. The Kier molecular flexibility index (Phi) is 4.45. The molecule has 0 amide bonds. The van der Waals surface area contributed by atoms with E-state index < -0.39 is 0 Å². The maximum atomic E-state index is 6.15. The molecule has 2 rings (SSSR count). The quantitative estimate of drug-likeness (QED) is 0.752. The van der Waals surface area contributed by atoms with E-state index in [-0.39, 0.29) is 5.54 Å². The van der Waals surface area contributed by atoms with Crippen molar-refractivity contribution in [2.45, 2.75) is 70.1 Å². The molecular formula is C14H28N2O.